The zero-order valence-electron chi connectivity index (χ0n) is 19.1. The summed E-state index contributed by atoms with van der Waals surface area (Å²) in [6.07, 6.45) is 2.04. The van der Waals surface area contributed by atoms with Crippen LogP contribution < -0.4 is 5.32 Å². The smallest absolute Gasteiger partial charge is 0.321 e. The molecule has 172 valence electrons. The highest BCUT2D eigenvalue weighted by molar-refractivity contribution is 5.89. The summed E-state index contributed by atoms with van der Waals surface area (Å²) in [5.41, 5.74) is 3.93. The molecule has 5 heteroatoms. The predicted octanol–water partition coefficient (Wildman–Crippen LogP) is 5.32. The molecule has 2 heterocycles. The number of nitrogens with zero attached hydrogens (tertiary/aromatic N) is 2. The third-order valence-electron chi connectivity index (χ3n) is 6.79. The second-order valence-electron chi connectivity index (χ2n) is 8.97. The number of benzene rings is 3. The number of urea groups is 1. The van der Waals surface area contributed by atoms with E-state index in [2.05, 4.69) is 46.3 Å². The maximum atomic E-state index is 13.2. The Hall–Kier alpha value is -3.62. The highest BCUT2D eigenvalue weighted by Gasteiger charge is 2.38. The lowest BCUT2D eigenvalue weighted by atomic mass is 9.91. The van der Waals surface area contributed by atoms with Crippen LogP contribution in [-0.4, -0.2) is 48.1 Å². The standard InChI is InChI=1S/C29H28FN3O/c30-25-13-15-26(16-14-25)31-29(34)33-19-4-18-32-20-17-27(28(32)21-33)24-11-9-23(10-12-24)8-7-22-5-2-1-3-6-22/h1-3,5-6,9-16,27-28H,4,17-21H2,(H,31,34)/t27-,28+/m1/s1. The fraction of sp³-hybridized carbons (Fsp3) is 0.276. The predicted molar refractivity (Wildman–Crippen MR) is 133 cm³/mol. The van der Waals surface area contributed by atoms with E-state index in [9.17, 15) is 9.18 Å². The zero-order chi connectivity index (χ0) is 23.3. The van der Waals surface area contributed by atoms with Crippen LogP contribution in [0, 0.1) is 17.7 Å². The van der Waals surface area contributed by atoms with E-state index in [4.69, 9.17) is 0 Å². The average Bonchev–Trinajstić information content (AvgIpc) is 3.14. The first-order valence-electron chi connectivity index (χ1n) is 11.9. The van der Waals surface area contributed by atoms with Gasteiger partial charge in [0.2, 0.25) is 0 Å². The number of hydrogen-bond donors (Lipinski definition) is 1. The summed E-state index contributed by atoms with van der Waals surface area (Å²) in [5, 5.41) is 2.92. The number of anilines is 1. The molecular formula is C29H28FN3O. The molecular weight excluding hydrogens is 425 g/mol. The first-order valence-corrected chi connectivity index (χ1v) is 11.9. The summed E-state index contributed by atoms with van der Waals surface area (Å²) in [5.74, 6) is 6.54. The van der Waals surface area contributed by atoms with Gasteiger partial charge in [0.15, 0.2) is 0 Å². The van der Waals surface area contributed by atoms with Crippen LogP contribution in [0.5, 0.6) is 0 Å². The number of halogens is 1. The SMILES string of the molecule is O=C(Nc1ccc(F)cc1)N1CCCN2CC[C@H](c3ccc(C#Cc4ccccc4)cc3)[C@@H]2C1. The Morgan fingerprint density at radius 2 is 1.56 bits per heavy atom. The van der Waals surface area contributed by atoms with Gasteiger partial charge in [-0.3, -0.25) is 4.90 Å². The topological polar surface area (TPSA) is 35.6 Å². The number of carbonyl (C=O) groups excluding carboxylic acids is 1. The van der Waals surface area contributed by atoms with Crippen LogP contribution in [0.1, 0.15) is 35.4 Å². The molecule has 1 N–H and O–H groups in total. The van der Waals surface area contributed by atoms with Crippen molar-refractivity contribution in [3.8, 4) is 11.8 Å². The Balaban J connectivity index is 1.27. The van der Waals surface area contributed by atoms with Crippen molar-refractivity contribution in [2.75, 3.05) is 31.5 Å². The maximum Gasteiger partial charge on any atom is 0.321 e. The molecule has 2 fully saturated rings. The van der Waals surface area contributed by atoms with E-state index in [-0.39, 0.29) is 11.8 Å². The maximum absolute atomic E-state index is 13.2. The molecule has 0 radical (unpaired) electrons. The van der Waals surface area contributed by atoms with Gasteiger partial charge >= 0.3 is 6.03 Å². The van der Waals surface area contributed by atoms with Crippen molar-refractivity contribution in [1.82, 2.24) is 9.80 Å². The number of amides is 2. The van der Waals surface area contributed by atoms with Gasteiger partial charge in [0.25, 0.3) is 0 Å². The Morgan fingerprint density at radius 3 is 2.29 bits per heavy atom. The lowest BCUT2D eigenvalue weighted by Crippen LogP contribution is -2.43. The second kappa shape index (κ2) is 10.1. The van der Waals surface area contributed by atoms with Crippen LogP contribution in [0.3, 0.4) is 0 Å². The number of carbonyl (C=O) groups is 1. The summed E-state index contributed by atoms with van der Waals surface area (Å²) in [6, 6.07) is 24.7. The molecule has 4 nitrogen and oxygen atoms in total. The molecule has 3 aromatic carbocycles. The van der Waals surface area contributed by atoms with E-state index in [0.717, 1.165) is 43.6 Å². The van der Waals surface area contributed by atoms with Crippen molar-refractivity contribution in [3.05, 3.63) is 101 Å². The minimum atomic E-state index is -0.311. The molecule has 2 amide bonds. The van der Waals surface area contributed by atoms with E-state index in [1.165, 1.54) is 17.7 Å². The molecule has 5 rings (SSSR count). The van der Waals surface area contributed by atoms with E-state index in [0.29, 0.717) is 24.2 Å². The fourth-order valence-electron chi connectivity index (χ4n) is 5.01. The summed E-state index contributed by atoms with van der Waals surface area (Å²) in [4.78, 5) is 17.4. The molecule has 0 unspecified atom stereocenters. The monoisotopic (exact) mass is 453 g/mol. The molecule has 34 heavy (non-hydrogen) atoms. The Kier molecular flexibility index (Phi) is 6.60. The average molecular weight is 454 g/mol. The number of fused-ring (bicyclic) bond motifs is 1. The Labute approximate surface area is 200 Å². The summed E-state index contributed by atoms with van der Waals surface area (Å²) >= 11 is 0. The number of rotatable bonds is 2. The van der Waals surface area contributed by atoms with Crippen molar-refractivity contribution in [1.29, 1.82) is 0 Å². The Bertz CT molecular complexity index is 1180. The lowest BCUT2D eigenvalue weighted by Gasteiger charge is -2.30. The molecule has 0 aliphatic carbocycles. The first kappa shape index (κ1) is 22.2. The van der Waals surface area contributed by atoms with Crippen LogP contribution in [-0.2, 0) is 0 Å². The molecule has 0 saturated carbocycles. The quantitative estimate of drug-likeness (QED) is 0.533. The number of nitrogens with one attached hydrogen (secondary N) is 1. The van der Waals surface area contributed by atoms with Crippen molar-refractivity contribution >= 4 is 11.7 Å². The molecule has 3 aromatic rings. The molecule has 2 saturated heterocycles. The highest BCUT2D eigenvalue weighted by atomic mass is 19.1. The molecule has 2 atom stereocenters. The molecule has 0 aromatic heterocycles. The Morgan fingerprint density at radius 1 is 0.853 bits per heavy atom. The summed E-state index contributed by atoms with van der Waals surface area (Å²) in [6.45, 7) is 3.47. The van der Waals surface area contributed by atoms with Crippen molar-refractivity contribution in [2.45, 2.75) is 24.8 Å². The van der Waals surface area contributed by atoms with E-state index in [1.807, 2.05) is 35.2 Å². The molecule has 0 bridgehead atoms. The van der Waals surface area contributed by atoms with Crippen LogP contribution in [0.4, 0.5) is 14.9 Å². The van der Waals surface area contributed by atoms with Gasteiger partial charge in [0.1, 0.15) is 5.82 Å². The van der Waals surface area contributed by atoms with Gasteiger partial charge in [0.05, 0.1) is 0 Å². The second-order valence-corrected chi connectivity index (χ2v) is 8.97. The zero-order valence-corrected chi connectivity index (χ0v) is 19.1. The van der Waals surface area contributed by atoms with Crippen molar-refractivity contribution in [3.63, 3.8) is 0 Å². The largest absolute Gasteiger partial charge is 0.323 e. The van der Waals surface area contributed by atoms with Crippen LogP contribution >= 0.6 is 0 Å². The van der Waals surface area contributed by atoms with Crippen LogP contribution in [0.2, 0.25) is 0 Å². The first-order chi connectivity index (χ1) is 16.7. The van der Waals surface area contributed by atoms with Gasteiger partial charge in [-0.05, 0) is 73.5 Å². The minimum absolute atomic E-state index is 0.120. The van der Waals surface area contributed by atoms with Gasteiger partial charge < -0.3 is 10.2 Å². The van der Waals surface area contributed by atoms with Gasteiger partial charge in [-0.1, -0.05) is 42.2 Å². The summed E-state index contributed by atoms with van der Waals surface area (Å²) < 4.78 is 13.2. The lowest BCUT2D eigenvalue weighted by molar-refractivity contribution is 0.197. The minimum Gasteiger partial charge on any atom is -0.323 e. The summed E-state index contributed by atoms with van der Waals surface area (Å²) in [7, 11) is 0. The van der Waals surface area contributed by atoms with Gasteiger partial charge in [-0.15, -0.1) is 0 Å². The van der Waals surface area contributed by atoms with Gasteiger partial charge in [-0.25, -0.2) is 9.18 Å². The molecule has 2 aliphatic rings. The molecule has 2 aliphatic heterocycles. The van der Waals surface area contributed by atoms with Gasteiger partial charge in [-0.2, -0.15) is 0 Å². The van der Waals surface area contributed by atoms with E-state index in [1.54, 1.807) is 12.1 Å². The van der Waals surface area contributed by atoms with E-state index >= 15 is 0 Å². The van der Waals surface area contributed by atoms with Gasteiger partial charge in [0, 0.05) is 48.4 Å². The fourth-order valence-corrected chi connectivity index (χ4v) is 5.01. The normalized spacial score (nSPS) is 20.1. The highest BCUT2D eigenvalue weighted by Crippen LogP contribution is 2.35. The number of hydrogen-bond acceptors (Lipinski definition) is 2. The molecule has 0 spiro atoms. The van der Waals surface area contributed by atoms with Crippen LogP contribution in [0.25, 0.3) is 0 Å². The third kappa shape index (κ3) is 5.13. The van der Waals surface area contributed by atoms with E-state index < -0.39 is 0 Å². The van der Waals surface area contributed by atoms with Crippen molar-refractivity contribution in [2.24, 2.45) is 0 Å². The van der Waals surface area contributed by atoms with Crippen molar-refractivity contribution < 1.29 is 9.18 Å². The van der Waals surface area contributed by atoms with Crippen LogP contribution in [0.15, 0.2) is 78.9 Å². The third-order valence-corrected chi connectivity index (χ3v) is 6.79.